The summed E-state index contributed by atoms with van der Waals surface area (Å²) in [7, 11) is 0. The summed E-state index contributed by atoms with van der Waals surface area (Å²) >= 11 is 0. The van der Waals surface area contributed by atoms with E-state index in [4.69, 9.17) is 10.5 Å². The Morgan fingerprint density at radius 1 is 1.18 bits per heavy atom. The Kier molecular flexibility index (Phi) is 4.87. The average Bonchev–Trinajstić information content (AvgIpc) is 2.40. The average molecular weight is 233 g/mol. The molecule has 1 fully saturated rings. The summed E-state index contributed by atoms with van der Waals surface area (Å²) in [4.78, 5) is 0. The van der Waals surface area contributed by atoms with Crippen LogP contribution in [-0.2, 0) is 6.54 Å². The van der Waals surface area contributed by atoms with Gasteiger partial charge in [0.2, 0.25) is 0 Å². The number of hydrogen-bond donors (Lipinski definition) is 1. The zero-order valence-corrected chi connectivity index (χ0v) is 10.5. The molecule has 0 radical (unpaired) electrons. The van der Waals surface area contributed by atoms with E-state index < -0.39 is 0 Å². The molecule has 0 saturated heterocycles. The molecule has 94 valence electrons. The highest BCUT2D eigenvalue weighted by molar-refractivity contribution is 5.28. The molecular weight excluding hydrogens is 210 g/mol. The van der Waals surface area contributed by atoms with Crippen LogP contribution in [0.15, 0.2) is 24.3 Å². The van der Waals surface area contributed by atoms with Gasteiger partial charge in [-0.1, -0.05) is 44.2 Å². The van der Waals surface area contributed by atoms with E-state index in [9.17, 15) is 0 Å². The minimum absolute atomic E-state index is 0.583. The van der Waals surface area contributed by atoms with Gasteiger partial charge in [0.25, 0.3) is 0 Å². The van der Waals surface area contributed by atoms with Crippen LogP contribution in [0, 0.1) is 5.92 Å². The Morgan fingerprint density at radius 3 is 2.76 bits per heavy atom. The maximum atomic E-state index is 5.80. The SMILES string of the molecule is NCc1cccc(OCCC2CCCCC2)c1. The molecule has 2 N–H and O–H groups in total. The van der Waals surface area contributed by atoms with E-state index in [1.807, 2.05) is 24.3 Å². The minimum Gasteiger partial charge on any atom is -0.494 e. The lowest BCUT2D eigenvalue weighted by Gasteiger charge is -2.21. The van der Waals surface area contributed by atoms with Crippen LogP contribution in [0.25, 0.3) is 0 Å². The number of nitrogens with two attached hydrogens (primary N) is 1. The normalized spacial score (nSPS) is 17.0. The number of ether oxygens (including phenoxy) is 1. The van der Waals surface area contributed by atoms with Gasteiger partial charge < -0.3 is 10.5 Å². The Hall–Kier alpha value is -1.02. The van der Waals surface area contributed by atoms with E-state index in [0.29, 0.717) is 6.54 Å². The smallest absolute Gasteiger partial charge is 0.119 e. The number of hydrogen-bond acceptors (Lipinski definition) is 2. The molecule has 0 atom stereocenters. The van der Waals surface area contributed by atoms with Crippen molar-refractivity contribution < 1.29 is 4.74 Å². The number of rotatable bonds is 5. The Morgan fingerprint density at radius 2 is 2.00 bits per heavy atom. The second kappa shape index (κ2) is 6.65. The fraction of sp³-hybridized carbons (Fsp3) is 0.600. The van der Waals surface area contributed by atoms with Gasteiger partial charge in [0.15, 0.2) is 0 Å². The molecule has 2 nitrogen and oxygen atoms in total. The lowest BCUT2D eigenvalue weighted by molar-refractivity contribution is 0.246. The van der Waals surface area contributed by atoms with Crippen molar-refractivity contribution in [3.05, 3.63) is 29.8 Å². The van der Waals surface area contributed by atoms with Gasteiger partial charge in [-0.25, -0.2) is 0 Å². The lowest BCUT2D eigenvalue weighted by atomic mass is 9.87. The van der Waals surface area contributed by atoms with Crippen LogP contribution in [0.1, 0.15) is 44.1 Å². The third kappa shape index (κ3) is 4.04. The summed E-state index contributed by atoms with van der Waals surface area (Å²) in [6, 6.07) is 8.10. The molecule has 1 aromatic carbocycles. The molecule has 17 heavy (non-hydrogen) atoms. The van der Waals surface area contributed by atoms with Crippen molar-refractivity contribution >= 4 is 0 Å². The van der Waals surface area contributed by atoms with Gasteiger partial charge in [0, 0.05) is 6.54 Å². The molecule has 1 aromatic rings. The van der Waals surface area contributed by atoms with Crippen molar-refractivity contribution in [2.45, 2.75) is 45.1 Å². The molecule has 0 heterocycles. The standard InChI is InChI=1S/C15H23NO/c16-12-14-7-4-8-15(11-14)17-10-9-13-5-2-1-3-6-13/h4,7-8,11,13H,1-3,5-6,9-10,12,16H2. The van der Waals surface area contributed by atoms with E-state index >= 15 is 0 Å². The minimum atomic E-state index is 0.583. The maximum absolute atomic E-state index is 5.80. The lowest BCUT2D eigenvalue weighted by Crippen LogP contribution is -2.10. The number of benzene rings is 1. The predicted octanol–water partition coefficient (Wildman–Crippen LogP) is 3.49. The second-order valence-corrected chi connectivity index (χ2v) is 4.99. The molecule has 2 heteroatoms. The highest BCUT2D eigenvalue weighted by Crippen LogP contribution is 2.26. The van der Waals surface area contributed by atoms with E-state index in [2.05, 4.69) is 0 Å². The van der Waals surface area contributed by atoms with Gasteiger partial charge in [0.05, 0.1) is 6.61 Å². The van der Waals surface area contributed by atoms with E-state index in [0.717, 1.165) is 23.8 Å². The molecule has 0 aromatic heterocycles. The van der Waals surface area contributed by atoms with Crippen LogP contribution in [-0.4, -0.2) is 6.61 Å². The highest BCUT2D eigenvalue weighted by atomic mass is 16.5. The van der Waals surface area contributed by atoms with Crippen molar-refractivity contribution in [3.8, 4) is 5.75 Å². The summed E-state index contributed by atoms with van der Waals surface area (Å²) in [5.41, 5.74) is 6.75. The van der Waals surface area contributed by atoms with Crippen LogP contribution in [0.5, 0.6) is 5.75 Å². The first-order valence-corrected chi connectivity index (χ1v) is 6.80. The van der Waals surface area contributed by atoms with Gasteiger partial charge in [-0.05, 0) is 30.0 Å². The fourth-order valence-electron chi connectivity index (χ4n) is 2.58. The maximum Gasteiger partial charge on any atom is 0.119 e. The van der Waals surface area contributed by atoms with Crippen LogP contribution >= 0.6 is 0 Å². The summed E-state index contributed by atoms with van der Waals surface area (Å²) in [5, 5.41) is 0. The third-order valence-corrected chi connectivity index (χ3v) is 3.65. The molecule has 0 aliphatic heterocycles. The van der Waals surface area contributed by atoms with Crippen LogP contribution in [0.4, 0.5) is 0 Å². The second-order valence-electron chi connectivity index (χ2n) is 4.99. The van der Waals surface area contributed by atoms with Gasteiger partial charge in [0.1, 0.15) is 5.75 Å². The van der Waals surface area contributed by atoms with Gasteiger partial charge in [-0.2, -0.15) is 0 Å². The topological polar surface area (TPSA) is 35.2 Å². The van der Waals surface area contributed by atoms with Crippen LogP contribution < -0.4 is 10.5 Å². The summed E-state index contributed by atoms with van der Waals surface area (Å²) in [6.07, 6.45) is 8.24. The zero-order chi connectivity index (χ0) is 11.9. The van der Waals surface area contributed by atoms with E-state index in [1.165, 1.54) is 38.5 Å². The largest absolute Gasteiger partial charge is 0.494 e. The first-order valence-electron chi connectivity index (χ1n) is 6.80. The summed E-state index contributed by atoms with van der Waals surface area (Å²) in [6.45, 7) is 1.43. The molecule has 0 bridgehead atoms. The summed E-state index contributed by atoms with van der Waals surface area (Å²) < 4.78 is 5.80. The van der Waals surface area contributed by atoms with Crippen LogP contribution in [0.3, 0.4) is 0 Å². The van der Waals surface area contributed by atoms with Gasteiger partial charge in [-0.15, -0.1) is 0 Å². The highest BCUT2D eigenvalue weighted by Gasteiger charge is 2.12. The quantitative estimate of drug-likeness (QED) is 0.845. The Labute approximate surface area is 104 Å². The molecule has 0 spiro atoms. The zero-order valence-electron chi connectivity index (χ0n) is 10.5. The van der Waals surface area contributed by atoms with Gasteiger partial charge in [-0.3, -0.25) is 0 Å². The van der Waals surface area contributed by atoms with Crippen molar-refractivity contribution in [2.24, 2.45) is 11.7 Å². The molecular formula is C15H23NO. The first kappa shape index (κ1) is 12.4. The van der Waals surface area contributed by atoms with E-state index in [1.54, 1.807) is 0 Å². The first-order chi connectivity index (χ1) is 8.38. The third-order valence-electron chi connectivity index (χ3n) is 3.65. The fourth-order valence-corrected chi connectivity index (χ4v) is 2.58. The van der Waals surface area contributed by atoms with Gasteiger partial charge >= 0.3 is 0 Å². The van der Waals surface area contributed by atoms with Crippen molar-refractivity contribution in [1.29, 1.82) is 0 Å². The predicted molar refractivity (Wildman–Crippen MR) is 71.0 cm³/mol. The molecule has 0 amide bonds. The van der Waals surface area contributed by atoms with Crippen molar-refractivity contribution in [3.63, 3.8) is 0 Å². The molecule has 0 unspecified atom stereocenters. The van der Waals surface area contributed by atoms with Crippen LogP contribution in [0.2, 0.25) is 0 Å². The van der Waals surface area contributed by atoms with Crippen molar-refractivity contribution in [1.82, 2.24) is 0 Å². The molecule has 1 saturated carbocycles. The monoisotopic (exact) mass is 233 g/mol. The molecule has 2 rings (SSSR count). The Bertz CT molecular complexity index is 331. The molecule has 1 aliphatic rings. The summed E-state index contributed by atoms with van der Waals surface area (Å²) in [5.74, 6) is 1.85. The van der Waals surface area contributed by atoms with E-state index in [-0.39, 0.29) is 0 Å². The Balaban J connectivity index is 1.73. The molecule has 1 aliphatic carbocycles. The van der Waals surface area contributed by atoms with Crippen molar-refractivity contribution in [2.75, 3.05) is 6.61 Å².